The molecule has 1 amide bonds. The Labute approximate surface area is 245 Å². The minimum Gasteiger partial charge on any atom is -0.492 e. The summed E-state index contributed by atoms with van der Waals surface area (Å²) in [5, 5.41) is 6.48. The second-order valence-corrected chi connectivity index (χ2v) is 11.6. The Balaban J connectivity index is 1.24. The van der Waals surface area contributed by atoms with Crippen LogP contribution in [0.1, 0.15) is 27.7 Å². The Bertz CT molecular complexity index is 1650. The summed E-state index contributed by atoms with van der Waals surface area (Å²) in [6.45, 7) is 3.65. The van der Waals surface area contributed by atoms with Crippen molar-refractivity contribution in [1.29, 1.82) is 0 Å². The molecule has 5 aromatic rings. The first-order valence-electron chi connectivity index (χ1n) is 12.9. The third-order valence-electron chi connectivity index (χ3n) is 6.81. The van der Waals surface area contributed by atoms with Gasteiger partial charge in [0.1, 0.15) is 24.1 Å². The molecule has 1 aliphatic heterocycles. The van der Waals surface area contributed by atoms with Crippen molar-refractivity contribution in [3.8, 4) is 11.5 Å². The van der Waals surface area contributed by atoms with Crippen LogP contribution in [0.2, 0.25) is 10.0 Å². The van der Waals surface area contributed by atoms with Crippen LogP contribution in [0.15, 0.2) is 72.9 Å². The van der Waals surface area contributed by atoms with Gasteiger partial charge in [-0.3, -0.25) is 4.90 Å². The molecular weight excluding hydrogens is 567 g/mol. The molecule has 40 heavy (non-hydrogen) atoms. The molecule has 0 spiro atoms. The van der Waals surface area contributed by atoms with Crippen LogP contribution in [0.4, 0.5) is 9.93 Å². The van der Waals surface area contributed by atoms with E-state index in [-0.39, 0.29) is 6.04 Å². The fraction of sp³-hybridized carbons (Fsp3) is 0.200. The Hall–Kier alpha value is -3.72. The topological polar surface area (TPSA) is 79.5 Å². The number of hydrogen-bond acceptors (Lipinski definition) is 6. The summed E-state index contributed by atoms with van der Waals surface area (Å²) in [4.78, 5) is 24.2. The lowest BCUT2D eigenvalue weighted by molar-refractivity contribution is 0.135. The van der Waals surface area contributed by atoms with Crippen LogP contribution in [-0.4, -0.2) is 40.7 Å². The first-order chi connectivity index (χ1) is 19.4. The van der Waals surface area contributed by atoms with Crippen LogP contribution in [0, 0.1) is 6.92 Å². The van der Waals surface area contributed by atoms with Crippen molar-refractivity contribution in [1.82, 2.24) is 14.9 Å². The zero-order chi connectivity index (χ0) is 27.6. The number of fused-ring (bicyclic) bond motifs is 3. The predicted molar refractivity (Wildman–Crippen MR) is 160 cm³/mol. The van der Waals surface area contributed by atoms with Crippen molar-refractivity contribution in [2.45, 2.75) is 19.4 Å². The lowest BCUT2D eigenvalue weighted by atomic mass is 9.92. The smallest absolute Gasteiger partial charge is 0.416 e. The van der Waals surface area contributed by atoms with E-state index in [1.54, 1.807) is 40.5 Å². The van der Waals surface area contributed by atoms with Gasteiger partial charge < -0.3 is 19.8 Å². The van der Waals surface area contributed by atoms with Gasteiger partial charge in [-0.05, 0) is 79.1 Å². The zero-order valence-electron chi connectivity index (χ0n) is 21.6. The quantitative estimate of drug-likeness (QED) is 0.188. The molecule has 3 heterocycles. The number of nitrogens with one attached hydrogen (secondary N) is 2. The molecule has 2 N–H and O–H groups in total. The molecule has 1 aliphatic rings. The zero-order valence-corrected chi connectivity index (χ0v) is 23.9. The number of aromatic nitrogens is 2. The van der Waals surface area contributed by atoms with Crippen LogP contribution in [0.3, 0.4) is 0 Å². The van der Waals surface area contributed by atoms with Gasteiger partial charge in [0.25, 0.3) is 0 Å². The summed E-state index contributed by atoms with van der Waals surface area (Å²) in [6, 6.07) is 20.1. The second-order valence-electron chi connectivity index (χ2n) is 9.50. The maximum absolute atomic E-state index is 13.5. The molecule has 7 nitrogen and oxygen atoms in total. The molecule has 2 aromatic heterocycles. The van der Waals surface area contributed by atoms with Gasteiger partial charge >= 0.3 is 6.09 Å². The number of benzene rings is 3. The monoisotopic (exact) mass is 592 g/mol. The molecular formula is C30H26Cl2N4O3S. The first-order valence-corrected chi connectivity index (χ1v) is 14.4. The van der Waals surface area contributed by atoms with Gasteiger partial charge in [0, 0.05) is 44.3 Å². The molecule has 0 aliphatic carbocycles. The van der Waals surface area contributed by atoms with Crippen molar-refractivity contribution in [2.75, 3.05) is 25.0 Å². The highest BCUT2D eigenvalue weighted by atomic mass is 35.5. The average molecular weight is 594 g/mol. The number of carbonyl (C=O) groups excluding carboxylic acids is 1. The van der Waals surface area contributed by atoms with Gasteiger partial charge in [-0.25, -0.2) is 9.78 Å². The minimum atomic E-state index is -0.432. The maximum atomic E-state index is 13.5. The number of H-pyrrole nitrogens is 1. The predicted octanol–water partition coefficient (Wildman–Crippen LogP) is 7.88. The summed E-state index contributed by atoms with van der Waals surface area (Å²) < 4.78 is 11.7. The van der Waals surface area contributed by atoms with E-state index in [0.29, 0.717) is 41.9 Å². The van der Waals surface area contributed by atoms with E-state index in [0.717, 1.165) is 43.5 Å². The molecule has 0 saturated heterocycles. The van der Waals surface area contributed by atoms with Gasteiger partial charge in [0.2, 0.25) is 0 Å². The third-order valence-corrected chi connectivity index (χ3v) is 8.16. The summed E-state index contributed by atoms with van der Waals surface area (Å²) in [5.74, 6) is 1.18. The molecule has 0 saturated carbocycles. The van der Waals surface area contributed by atoms with Crippen LogP contribution >= 0.6 is 34.5 Å². The van der Waals surface area contributed by atoms with Crippen molar-refractivity contribution >= 4 is 56.7 Å². The fourth-order valence-electron chi connectivity index (χ4n) is 4.98. The van der Waals surface area contributed by atoms with Crippen LogP contribution in [0.25, 0.3) is 10.9 Å². The highest BCUT2D eigenvalue weighted by Crippen LogP contribution is 2.40. The number of aromatic amines is 1. The number of aryl methyl sites for hydroxylation is 1. The van der Waals surface area contributed by atoms with Gasteiger partial charge in [0.05, 0.1) is 6.54 Å². The molecule has 0 fully saturated rings. The summed E-state index contributed by atoms with van der Waals surface area (Å²) in [7, 11) is 0. The van der Waals surface area contributed by atoms with E-state index in [1.807, 2.05) is 55.6 Å². The lowest BCUT2D eigenvalue weighted by Crippen LogP contribution is -2.42. The average Bonchev–Trinajstić information content (AvgIpc) is 3.54. The summed E-state index contributed by atoms with van der Waals surface area (Å²) in [5.41, 5.74) is 4.03. The van der Waals surface area contributed by atoms with Crippen molar-refractivity contribution in [2.24, 2.45) is 0 Å². The number of amides is 1. The fourth-order valence-corrected chi connectivity index (χ4v) is 5.96. The standard InChI is InChI=1S/C30H26Cl2N4O3S/c1-18-17-34-29(40-18)33-13-15-38-22-7-2-19(3-8-22)28-27-24(25-16-21(32)6-11-26(25)35-27)12-14-36(28)30(37)39-23-9-4-20(31)5-10-23/h2-11,16-17,28,35H,12-15H2,1H3,(H,33,34). The van der Waals surface area contributed by atoms with Gasteiger partial charge in [-0.1, -0.05) is 35.3 Å². The van der Waals surface area contributed by atoms with E-state index in [9.17, 15) is 4.79 Å². The summed E-state index contributed by atoms with van der Waals surface area (Å²) in [6.07, 6.45) is 2.09. The molecule has 0 radical (unpaired) electrons. The number of nitrogens with zero attached hydrogens (tertiary/aromatic N) is 2. The number of halogens is 2. The van der Waals surface area contributed by atoms with E-state index in [2.05, 4.69) is 15.3 Å². The van der Waals surface area contributed by atoms with E-state index in [4.69, 9.17) is 32.7 Å². The third kappa shape index (κ3) is 5.61. The minimum absolute atomic E-state index is 0.376. The van der Waals surface area contributed by atoms with E-state index < -0.39 is 6.09 Å². The first kappa shape index (κ1) is 26.5. The highest BCUT2D eigenvalue weighted by Gasteiger charge is 2.35. The number of rotatable bonds is 7. The Morgan fingerprint density at radius 1 is 1.07 bits per heavy atom. The van der Waals surface area contributed by atoms with Crippen LogP contribution < -0.4 is 14.8 Å². The molecule has 6 rings (SSSR count). The Kier molecular flexibility index (Phi) is 7.56. The largest absolute Gasteiger partial charge is 0.492 e. The molecule has 1 atom stereocenters. The maximum Gasteiger partial charge on any atom is 0.416 e. The lowest BCUT2D eigenvalue weighted by Gasteiger charge is -2.35. The number of hydrogen-bond donors (Lipinski definition) is 2. The van der Waals surface area contributed by atoms with Gasteiger partial charge in [-0.2, -0.15) is 0 Å². The van der Waals surface area contributed by atoms with Crippen molar-refractivity contribution < 1.29 is 14.3 Å². The molecule has 3 aromatic carbocycles. The van der Waals surface area contributed by atoms with Crippen molar-refractivity contribution in [3.63, 3.8) is 0 Å². The van der Waals surface area contributed by atoms with Gasteiger partial charge in [-0.15, -0.1) is 11.3 Å². The second kappa shape index (κ2) is 11.4. The molecule has 10 heteroatoms. The molecule has 1 unspecified atom stereocenters. The molecule has 204 valence electrons. The van der Waals surface area contributed by atoms with Crippen LogP contribution in [-0.2, 0) is 6.42 Å². The Morgan fingerprint density at radius 3 is 2.58 bits per heavy atom. The van der Waals surface area contributed by atoms with E-state index >= 15 is 0 Å². The van der Waals surface area contributed by atoms with Crippen LogP contribution in [0.5, 0.6) is 11.5 Å². The SMILES string of the molecule is Cc1cnc(NCCOc2ccc(C3c4[nH]c5ccc(Cl)cc5c4CCN3C(=O)Oc3ccc(Cl)cc3)cc2)s1. The van der Waals surface area contributed by atoms with Crippen molar-refractivity contribution in [3.05, 3.63) is 105 Å². The number of anilines is 1. The normalized spacial score (nSPS) is 14.7. The number of carbonyl (C=O) groups is 1. The number of thiazole rings is 1. The molecule has 0 bridgehead atoms. The Morgan fingerprint density at radius 2 is 1.82 bits per heavy atom. The van der Waals surface area contributed by atoms with Gasteiger partial charge in [0.15, 0.2) is 5.13 Å². The summed E-state index contributed by atoms with van der Waals surface area (Å²) >= 11 is 14.0. The highest BCUT2D eigenvalue weighted by molar-refractivity contribution is 7.15. The van der Waals surface area contributed by atoms with E-state index in [1.165, 1.54) is 0 Å². The number of ether oxygens (including phenoxy) is 2.